The number of fused-ring (bicyclic) bond motifs is 1. The number of nitriles is 1. The van der Waals surface area contributed by atoms with Gasteiger partial charge in [-0.25, -0.2) is 0 Å². The van der Waals surface area contributed by atoms with Crippen molar-refractivity contribution < 1.29 is 4.74 Å². The first-order chi connectivity index (χ1) is 15.8. The average molecular weight is 415 g/mol. The molecule has 0 atom stereocenters. The SMILES string of the molecule is N#Cc1ccn2c(-c3ccccc3)c(-c3ccccc3)c(COCc3ccccc3)c2c1. The van der Waals surface area contributed by atoms with Crippen molar-refractivity contribution in [2.75, 3.05) is 0 Å². The Bertz CT molecular complexity index is 1380. The minimum atomic E-state index is 0.449. The van der Waals surface area contributed by atoms with Crippen LogP contribution in [0.5, 0.6) is 0 Å². The second-order valence-electron chi connectivity index (χ2n) is 7.70. The highest BCUT2D eigenvalue weighted by Gasteiger charge is 2.21. The molecule has 2 aromatic heterocycles. The van der Waals surface area contributed by atoms with E-state index in [1.165, 1.54) is 0 Å². The molecule has 0 N–H and O–H groups in total. The highest BCUT2D eigenvalue weighted by molar-refractivity contribution is 5.91. The van der Waals surface area contributed by atoms with E-state index >= 15 is 0 Å². The first kappa shape index (κ1) is 19.8. The first-order valence-corrected chi connectivity index (χ1v) is 10.6. The van der Waals surface area contributed by atoms with Gasteiger partial charge >= 0.3 is 0 Å². The van der Waals surface area contributed by atoms with Crippen LogP contribution in [0.25, 0.3) is 27.9 Å². The molecule has 0 saturated carbocycles. The Morgan fingerprint density at radius 1 is 0.719 bits per heavy atom. The molecular weight excluding hydrogens is 392 g/mol. The summed E-state index contributed by atoms with van der Waals surface area (Å²) in [6.45, 7) is 0.982. The number of pyridine rings is 1. The van der Waals surface area contributed by atoms with Gasteiger partial charge in [0, 0.05) is 17.3 Å². The lowest BCUT2D eigenvalue weighted by Gasteiger charge is -2.10. The van der Waals surface area contributed by atoms with Crippen LogP contribution in [0.3, 0.4) is 0 Å². The second-order valence-corrected chi connectivity index (χ2v) is 7.70. The van der Waals surface area contributed by atoms with Gasteiger partial charge in [0.25, 0.3) is 0 Å². The Morgan fingerprint density at radius 2 is 1.34 bits per heavy atom. The van der Waals surface area contributed by atoms with Gasteiger partial charge in [0.05, 0.1) is 36.1 Å². The van der Waals surface area contributed by atoms with Crippen LogP contribution in [-0.4, -0.2) is 4.40 Å². The van der Waals surface area contributed by atoms with Crippen molar-refractivity contribution in [1.29, 1.82) is 5.26 Å². The molecule has 0 aliphatic rings. The van der Waals surface area contributed by atoms with Gasteiger partial charge in [-0.1, -0.05) is 91.0 Å². The summed E-state index contributed by atoms with van der Waals surface area (Å²) in [6.07, 6.45) is 1.99. The lowest BCUT2D eigenvalue weighted by molar-refractivity contribution is 0.108. The third-order valence-corrected chi connectivity index (χ3v) is 5.64. The van der Waals surface area contributed by atoms with Crippen molar-refractivity contribution in [3.8, 4) is 28.5 Å². The van der Waals surface area contributed by atoms with E-state index in [0.29, 0.717) is 18.8 Å². The third kappa shape index (κ3) is 3.80. The zero-order chi connectivity index (χ0) is 21.8. The van der Waals surface area contributed by atoms with Crippen LogP contribution in [0.2, 0.25) is 0 Å². The van der Waals surface area contributed by atoms with E-state index in [0.717, 1.165) is 39.0 Å². The molecule has 0 unspecified atom stereocenters. The number of hydrogen-bond acceptors (Lipinski definition) is 2. The topological polar surface area (TPSA) is 37.4 Å². The van der Waals surface area contributed by atoms with Crippen molar-refractivity contribution >= 4 is 5.52 Å². The standard InChI is InChI=1S/C29H22N2O/c30-19-23-16-17-31-27(18-23)26(21-32-20-22-10-4-1-5-11-22)28(24-12-6-2-7-13-24)29(31)25-14-8-3-9-15-25/h1-18H,20-21H2. The van der Waals surface area contributed by atoms with Crippen LogP contribution in [0.15, 0.2) is 109 Å². The van der Waals surface area contributed by atoms with Crippen molar-refractivity contribution in [3.05, 3.63) is 126 Å². The van der Waals surface area contributed by atoms with E-state index in [9.17, 15) is 5.26 Å². The summed E-state index contributed by atoms with van der Waals surface area (Å²) in [5.41, 5.74) is 8.36. The molecule has 5 aromatic rings. The molecule has 0 aliphatic heterocycles. The predicted octanol–water partition coefficient (Wildman–Crippen LogP) is 6.86. The lowest BCUT2D eigenvalue weighted by Crippen LogP contribution is -1.96. The van der Waals surface area contributed by atoms with Crippen molar-refractivity contribution in [2.24, 2.45) is 0 Å². The van der Waals surface area contributed by atoms with Crippen LogP contribution in [0.4, 0.5) is 0 Å². The molecule has 3 nitrogen and oxygen atoms in total. The van der Waals surface area contributed by atoms with Gasteiger partial charge in [-0.15, -0.1) is 0 Å². The molecule has 0 bridgehead atoms. The van der Waals surface area contributed by atoms with Crippen molar-refractivity contribution in [1.82, 2.24) is 4.40 Å². The fourth-order valence-corrected chi connectivity index (χ4v) is 4.18. The second kappa shape index (κ2) is 8.93. The molecule has 154 valence electrons. The maximum absolute atomic E-state index is 9.53. The highest BCUT2D eigenvalue weighted by atomic mass is 16.5. The maximum Gasteiger partial charge on any atom is 0.0992 e. The molecule has 5 rings (SSSR count). The Labute approximate surface area is 187 Å². The van der Waals surface area contributed by atoms with E-state index in [1.54, 1.807) is 0 Å². The molecule has 0 fully saturated rings. The van der Waals surface area contributed by atoms with Gasteiger partial charge in [0.15, 0.2) is 0 Å². The third-order valence-electron chi connectivity index (χ3n) is 5.64. The summed E-state index contributed by atoms with van der Waals surface area (Å²) in [4.78, 5) is 0. The summed E-state index contributed by atoms with van der Waals surface area (Å²) in [5.74, 6) is 0. The molecule has 3 heteroatoms. The summed E-state index contributed by atoms with van der Waals surface area (Å²) in [5, 5.41) is 9.53. The Kier molecular flexibility index (Phi) is 5.53. The molecule has 32 heavy (non-hydrogen) atoms. The summed E-state index contributed by atoms with van der Waals surface area (Å²) >= 11 is 0. The van der Waals surface area contributed by atoms with E-state index in [1.807, 2.05) is 48.7 Å². The minimum absolute atomic E-state index is 0.449. The molecule has 2 heterocycles. The number of aromatic nitrogens is 1. The van der Waals surface area contributed by atoms with Crippen LogP contribution in [0, 0.1) is 11.3 Å². The van der Waals surface area contributed by atoms with Crippen LogP contribution in [0.1, 0.15) is 16.7 Å². The van der Waals surface area contributed by atoms with Gasteiger partial charge in [-0.3, -0.25) is 0 Å². The molecular formula is C29H22N2O. The van der Waals surface area contributed by atoms with E-state index in [4.69, 9.17) is 4.74 Å². The lowest BCUT2D eigenvalue weighted by atomic mass is 9.97. The Hall–Kier alpha value is -4.13. The molecule has 0 amide bonds. The summed E-state index contributed by atoms with van der Waals surface area (Å²) < 4.78 is 8.38. The molecule has 0 aliphatic carbocycles. The average Bonchev–Trinajstić information content (AvgIpc) is 3.19. The molecule has 0 radical (unpaired) electrons. The van der Waals surface area contributed by atoms with E-state index < -0.39 is 0 Å². The van der Waals surface area contributed by atoms with E-state index in [-0.39, 0.29) is 0 Å². The van der Waals surface area contributed by atoms with Crippen molar-refractivity contribution in [3.63, 3.8) is 0 Å². The molecule has 0 saturated heterocycles. The van der Waals surface area contributed by atoms with Gasteiger partial charge in [-0.2, -0.15) is 5.26 Å². The fourth-order valence-electron chi connectivity index (χ4n) is 4.18. The zero-order valence-corrected chi connectivity index (χ0v) is 17.6. The Morgan fingerprint density at radius 3 is 2.00 bits per heavy atom. The van der Waals surface area contributed by atoms with Crippen LogP contribution >= 0.6 is 0 Å². The van der Waals surface area contributed by atoms with Gasteiger partial charge in [0.1, 0.15) is 0 Å². The predicted molar refractivity (Wildman–Crippen MR) is 128 cm³/mol. The maximum atomic E-state index is 9.53. The number of nitrogens with zero attached hydrogens (tertiary/aromatic N) is 2. The summed E-state index contributed by atoms with van der Waals surface area (Å²) in [6, 6.07) is 37.1. The highest BCUT2D eigenvalue weighted by Crippen LogP contribution is 2.40. The van der Waals surface area contributed by atoms with Gasteiger partial charge in [-0.05, 0) is 28.8 Å². The van der Waals surface area contributed by atoms with Crippen molar-refractivity contribution in [2.45, 2.75) is 13.2 Å². The molecule has 3 aromatic carbocycles. The quantitative estimate of drug-likeness (QED) is 0.304. The fraction of sp³-hybridized carbons (Fsp3) is 0.0690. The van der Waals surface area contributed by atoms with E-state index in [2.05, 4.69) is 71.1 Å². The smallest absolute Gasteiger partial charge is 0.0992 e. The summed E-state index contributed by atoms with van der Waals surface area (Å²) in [7, 11) is 0. The Balaban J connectivity index is 1.70. The number of benzene rings is 3. The largest absolute Gasteiger partial charge is 0.372 e. The number of rotatable bonds is 6. The normalized spacial score (nSPS) is 10.8. The van der Waals surface area contributed by atoms with Crippen LogP contribution < -0.4 is 0 Å². The molecule has 0 spiro atoms. The zero-order valence-electron chi connectivity index (χ0n) is 17.6. The number of ether oxygens (including phenoxy) is 1. The van der Waals surface area contributed by atoms with Gasteiger partial charge in [0.2, 0.25) is 0 Å². The van der Waals surface area contributed by atoms with Gasteiger partial charge < -0.3 is 9.14 Å². The number of hydrogen-bond donors (Lipinski definition) is 0. The monoisotopic (exact) mass is 414 g/mol. The van der Waals surface area contributed by atoms with Crippen LogP contribution in [-0.2, 0) is 18.0 Å². The first-order valence-electron chi connectivity index (χ1n) is 10.6. The minimum Gasteiger partial charge on any atom is -0.372 e.